The average molecular weight is 377 g/mol. The first-order valence-electron chi connectivity index (χ1n) is 7.10. The lowest BCUT2D eigenvalue weighted by molar-refractivity contribution is -0.120. The second-order valence-corrected chi connectivity index (χ2v) is 5.61. The summed E-state index contributed by atoms with van der Waals surface area (Å²) in [6.45, 7) is 2.54. The third kappa shape index (κ3) is 5.41. The Morgan fingerprint density at radius 3 is 2.70 bits per heavy atom. The van der Waals surface area contributed by atoms with Crippen LogP contribution in [-0.2, 0) is 11.2 Å². The highest BCUT2D eigenvalue weighted by Gasteiger charge is 2.03. The van der Waals surface area contributed by atoms with Crippen molar-refractivity contribution in [3.8, 4) is 11.5 Å². The van der Waals surface area contributed by atoms with Gasteiger partial charge in [-0.1, -0.05) is 12.1 Å². The van der Waals surface area contributed by atoms with E-state index in [-0.39, 0.29) is 18.1 Å². The summed E-state index contributed by atoms with van der Waals surface area (Å²) in [7, 11) is 0. The molecule has 0 aromatic heterocycles. The zero-order chi connectivity index (χ0) is 16.7. The summed E-state index contributed by atoms with van der Waals surface area (Å²) >= 11 is 3.22. The van der Waals surface area contributed by atoms with Gasteiger partial charge in [-0.3, -0.25) is 4.79 Å². The SMILES string of the molecule is CCOc1ccc(CC(=O)N/N=C/c2ccc(O)c(Br)c2)cc1. The fourth-order valence-corrected chi connectivity index (χ4v) is 2.27. The number of hydrazone groups is 1. The van der Waals surface area contributed by atoms with Crippen molar-refractivity contribution < 1.29 is 14.6 Å². The van der Waals surface area contributed by atoms with Gasteiger partial charge in [0.1, 0.15) is 11.5 Å². The van der Waals surface area contributed by atoms with Gasteiger partial charge in [0.2, 0.25) is 5.91 Å². The van der Waals surface area contributed by atoms with Crippen LogP contribution in [0.5, 0.6) is 11.5 Å². The van der Waals surface area contributed by atoms with Crippen molar-refractivity contribution in [1.29, 1.82) is 0 Å². The molecule has 0 atom stereocenters. The van der Waals surface area contributed by atoms with Crippen LogP contribution in [0.1, 0.15) is 18.1 Å². The van der Waals surface area contributed by atoms with Crippen molar-refractivity contribution in [2.45, 2.75) is 13.3 Å². The minimum Gasteiger partial charge on any atom is -0.507 e. The number of halogens is 1. The van der Waals surface area contributed by atoms with Gasteiger partial charge in [0.05, 0.1) is 23.7 Å². The van der Waals surface area contributed by atoms with Crippen LogP contribution in [0.4, 0.5) is 0 Å². The van der Waals surface area contributed by atoms with E-state index in [2.05, 4.69) is 26.5 Å². The molecule has 2 aromatic rings. The number of ether oxygens (including phenoxy) is 1. The number of rotatable bonds is 6. The van der Waals surface area contributed by atoms with E-state index in [4.69, 9.17) is 4.74 Å². The lowest BCUT2D eigenvalue weighted by atomic mass is 10.1. The van der Waals surface area contributed by atoms with Gasteiger partial charge in [-0.25, -0.2) is 5.43 Å². The molecule has 0 saturated carbocycles. The van der Waals surface area contributed by atoms with Crippen LogP contribution in [0.2, 0.25) is 0 Å². The summed E-state index contributed by atoms with van der Waals surface area (Å²) in [6, 6.07) is 12.3. The number of carbonyl (C=O) groups excluding carboxylic acids is 1. The molecule has 0 saturated heterocycles. The molecule has 0 aliphatic heterocycles. The number of benzene rings is 2. The number of hydrogen-bond donors (Lipinski definition) is 2. The van der Waals surface area contributed by atoms with Crippen molar-refractivity contribution in [2.24, 2.45) is 5.10 Å². The van der Waals surface area contributed by atoms with E-state index in [0.29, 0.717) is 11.1 Å². The van der Waals surface area contributed by atoms with Crippen molar-refractivity contribution in [2.75, 3.05) is 6.61 Å². The first-order chi connectivity index (χ1) is 11.1. The quantitative estimate of drug-likeness (QED) is 0.600. The Morgan fingerprint density at radius 2 is 2.04 bits per heavy atom. The zero-order valence-corrected chi connectivity index (χ0v) is 14.2. The maximum Gasteiger partial charge on any atom is 0.244 e. The molecule has 120 valence electrons. The lowest BCUT2D eigenvalue weighted by Crippen LogP contribution is -2.19. The van der Waals surface area contributed by atoms with E-state index >= 15 is 0 Å². The van der Waals surface area contributed by atoms with Gasteiger partial charge in [-0.15, -0.1) is 0 Å². The van der Waals surface area contributed by atoms with Gasteiger partial charge in [-0.05, 0) is 64.3 Å². The van der Waals surface area contributed by atoms with Crippen molar-refractivity contribution in [1.82, 2.24) is 5.43 Å². The molecule has 0 unspecified atom stereocenters. The minimum absolute atomic E-state index is 0.154. The second kappa shape index (κ2) is 8.33. The van der Waals surface area contributed by atoms with Gasteiger partial charge in [0.25, 0.3) is 0 Å². The van der Waals surface area contributed by atoms with Crippen molar-refractivity contribution in [3.05, 3.63) is 58.1 Å². The third-order valence-corrected chi connectivity index (χ3v) is 3.61. The predicted octanol–water partition coefficient (Wildman–Crippen LogP) is 3.25. The number of hydrogen-bond acceptors (Lipinski definition) is 4. The highest BCUT2D eigenvalue weighted by Crippen LogP contribution is 2.23. The maximum atomic E-state index is 11.8. The molecule has 0 spiro atoms. The Morgan fingerprint density at radius 1 is 1.30 bits per heavy atom. The Hall–Kier alpha value is -2.34. The Balaban J connectivity index is 1.86. The van der Waals surface area contributed by atoms with Crippen LogP contribution in [0.25, 0.3) is 0 Å². The van der Waals surface area contributed by atoms with Crippen molar-refractivity contribution >= 4 is 28.1 Å². The molecule has 1 amide bonds. The van der Waals surface area contributed by atoms with Crippen LogP contribution in [0.15, 0.2) is 52.0 Å². The van der Waals surface area contributed by atoms with E-state index in [9.17, 15) is 9.90 Å². The van der Waals surface area contributed by atoms with Crippen LogP contribution in [0.3, 0.4) is 0 Å². The number of nitrogens with one attached hydrogen (secondary N) is 1. The molecule has 0 bridgehead atoms. The van der Waals surface area contributed by atoms with E-state index in [0.717, 1.165) is 16.9 Å². The average Bonchev–Trinajstić information content (AvgIpc) is 2.53. The normalized spacial score (nSPS) is 10.7. The molecule has 0 heterocycles. The topological polar surface area (TPSA) is 70.9 Å². The summed E-state index contributed by atoms with van der Waals surface area (Å²) in [5.74, 6) is 0.734. The molecule has 2 aromatic carbocycles. The van der Waals surface area contributed by atoms with Crippen LogP contribution in [0, 0.1) is 0 Å². The molecule has 0 fully saturated rings. The number of aromatic hydroxyl groups is 1. The Kier molecular flexibility index (Phi) is 6.17. The van der Waals surface area contributed by atoms with Gasteiger partial charge >= 0.3 is 0 Å². The van der Waals surface area contributed by atoms with E-state index in [1.807, 2.05) is 31.2 Å². The molecule has 0 aliphatic rings. The molecule has 0 radical (unpaired) electrons. The molecule has 23 heavy (non-hydrogen) atoms. The molecular weight excluding hydrogens is 360 g/mol. The molecule has 0 aliphatic carbocycles. The molecule has 6 heteroatoms. The fourth-order valence-electron chi connectivity index (χ4n) is 1.88. The summed E-state index contributed by atoms with van der Waals surface area (Å²) in [6.07, 6.45) is 1.75. The summed E-state index contributed by atoms with van der Waals surface area (Å²) in [5, 5.41) is 13.3. The largest absolute Gasteiger partial charge is 0.507 e. The summed E-state index contributed by atoms with van der Waals surface area (Å²) < 4.78 is 5.92. The van der Waals surface area contributed by atoms with Crippen LogP contribution < -0.4 is 10.2 Å². The van der Waals surface area contributed by atoms with E-state index in [1.165, 1.54) is 6.21 Å². The number of amides is 1. The summed E-state index contributed by atoms with van der Waals surface area (Å²) in [4.78, 5) is 11.8. The number of nitrogens with zero attached hydrogens (tertiary/aromatic N) is 1. The monoisotopic (exact) mass is 376 g/mol. The predicted molar refractivity (Wildman–Crippen MR) is 92.9 cm³/mol. The Labute approximate surface area is 143 Å². The minimum atomic E-state index is -0.205. The number of phenols is 1. The fraction of sp³-hybridized carbons (Fsp3) is 0.176. The Bertz CT molecular complexity index is 699. The van der Waals surface area contributed by atoms with Gasteiger partial charge in [0, 0.05) is 0 Å². The molecule has 2 rings (SSSR count). The third-order valence-electron chi connectivity index (χ3n) is 2.97. The smallest absolute Gasteiger partial charge is 0.244 e. The second-order valence-electron chi connectivity index (χ2n) is 4.76. The summed E-state index contributed by atoms with van der Waals surface area (Å²) in [5.41, 5.74) is 4.12. The molecule has 2 N–H and O–H groups in total. The van der Waals surface area contributed by atoms with Crippen LogP contribution >= 0.6 is 15.9 Å². The van der Waals surface area contributed by atoms with Gasteiger partial charge in [0.15, 0.2) is 0 Å². The zero-order valence-electron chi connectivity index (χ0n) is 12.6. The van der Waals surface area contributed by atoms with Crippen LogP contribution in [-0.4, -0.2) is 23.8 Å². The van der Waals surface area contributed by atoms with E-state index in [1.54, 1.807) is 18.2 Å². The highest BCUT2D eigenvalue weighted by atomic mass is 79.9. The molecular formula is C17H17BrN2O3. The highest BCUT2D eigenvalue weighted by molar-refractivity contribution is 9.10. The molecule has 5 nitrogen and oxygen atoms in total. The maximum absolute atomic E-state index is 11.8. The number of phenolic OH excluding ortho intramolecular Hbond substituents is 1. The number of carbonyl (C=O) groups is 1. The lowest BCUT2D eigenvalue weighted by Gasteiger charge is -2.04. The van der Waals surface area contributed by atoms with E-state index < -0.39 is 0 Å². The van der Waals surface area contributed by atoms with Crippen molar-refractivity contribution in [3.63, 3.8) is 0 Å². The first kappa shape index (κ1) is 17.0. The first-order valence-corrected chi connectivity index (χ1v) is 7.90. The van der Waals surface area contributed by atoms with Gasteiger partial charge < -0.3 is 9.84 Å². The van der Waals surface area contributed by atoms with Gasteiger partial charge in [-0.2, -0.15) is 5.10 Å². The standard InChI is InChI=1S/C17H17BrN2O3/c1-2-23-14-6-3-12(4-7-14)10-17(22)20-19-11-13-5-8-16(21)15(18)9-13/h3-9,11,21H,2,10H2,1H3,(H,20,22)/b19-11+.